The molecule has 0 fully saturated rings. The molecule has 21 heavy (non-hydrogen) atoms. The summed E-state index contributed by atoms with van der Waals surface area (Å²) in [4.78, 5) is 13.0. The van der Waals surface area contributed by atoms with Gasteiger partial charge in [0.2, 0.25) is 10.0 Å². The lowest BCUT2D eigenvalue weighted by Crippen LogP contribution is -2.27. The summed E-state index contributed by atoms with van der Waals surface area (Å²) in [5.41, 5.74) is -0.386. The first-order valence-electron chi connectivity index (χ1n) is 5.76. The Kier molecular flexibility index (Phi) is 4.05. The highest BCUT2D eigenvalue weighted by Gasteiger charge is 2.20. The molecule has 0 saturated carbocycles. The molecule has 0 radical (unpaired) electrons. The minimum absolute atomic E-state index is 0.0673. The Morgan fingerprint density at radius 3 is 2.71 bits per heavy atom. The first-order chi connectivity index (χ1) is 9.79. The fourth-order valence-electron chi connectivity index (χ4n) is 1.68. The standard InChI is InChI=1S/C12H12FN3O4S/c1-16(7-8-4-5-15-20-8)12(17)10-6-9(21(14,18)19)2-3-11(10)13/h2-6H,7H2,1H3,(H2,14,18,19). The van der Waals surface area contributed by atoms with Gasteiger partial charge in [-0.2, -0.15) is 0 Å². The van der Waals surface area contributed by atoms with Gasteiger partial charge in [0.25, 0.3) is 5.91 Å². The molecule has 9 heteroatoms. The number of halogens is 1. The number of hydrogen-bond acceptors (Lipinski definition) is 5. The number of primary sulfonamides is 1. The molecule has 0 aliphatic rings. The number of hydrogen-bond donors (Lipinski definition) is 1. The van der Waals surface area contributed by atoms with E-state index in [0.717, 1.165) is 18.2 Å². The van der Waals surface area contributed by atoms with Crippen LogP contribution in [0.3, 0.4) is 0 Å². The Hall–Kier alpha value is -2.26. The Morgan fingerprint density at radius 1 is 1.43 bits per heavy atom. The number of nitrogens with zero attached hydrogens (tertiary/aromatic N) is 2. The van der Waals surface area contributed by atoms with E-state index in [0.29, 0.717) is 5.76 Å². The minimum Gasteiger partial charge on any atom is -0.360 e. The van der Waals surface area contributed by atoms with Crippen molar-refractivity contribution in [3.63, 3.8) is 0 Å². The quantitative estimate of drug-likeness (QED) is 0.895. The second-order valence-corrected chi connectivity index (χ2v) is 5.89. The van der Waals surface area contributed by atoms with Crippen molar-refractivity contribution in [3.05, 3.63) is 47.6 Å². The second-order valence-electron chi connectivity index (χ2n) is 4.33. The predicted molar refractivity (Wildman–Crippen MR) is 70.1 cm³/mol. The summed E-state index contributed by atoms with van der Waals surface area (Å²) >= 11 is 0. The highest BCUT2D eigenvalue weighted by Crippen LogP contribution is 2.16. The van der Waals surface area contributed by atoms with Crippen molar-refractivity contribution in [2.75, 3.05) is 7.05 Å². The lowest BCUT2D eigenvalue weighted by Gasteiger charge is -2.16. The van der Waals surface area contributed by atoms with Gasteiger partial charge in [-0.15, -0.1) is 0 Å². The van der Waals surface area contributed by atoms with Gasteiger partial charge in [-0.25, -0.2) is 17.9 Å². The van der Waals surface area contributed by atoms with Crippen LogP contribution in [0.15, 0.2) is 39.9 Å². The van der Waals surface area contributed by atoms with E-state index >= 15 is 0 Å². The zero-order valence-corrected chi connectivity index (χ0v) is 11.8. The van der Waals surface area contributed by atoms with E-state index in [1.807, 2.05) is 0 Å². The lowest BCUT2D eigenvalue weighted by atomic mass is 10.2. The third kappa shape index (κ3) is 3.44. The molecule has 0 unspecified atom stereocenters. The summed E-state index contributed by atoms with van der Waals surface area (Å²) in [5, 5.41) is 8.45. The third-order valence-electron chi connectivity index (χ3n) is 2.73. The van der Waals surface area contributed by atoms with Crippen molar-refractivity contribution in [3.8, 4) is 0 Å². The lowest BCUT2D eigenvalue weighted by molar-refractivity contribution is 0.0767. The van der Waals surface area contributed by atoms with Gasteiger partial charge in [0.1, 0.15) is 5.82 Å². The summed E-state index contributed by atoms with van der Waals surface area (Å²) in [6, 6.07) is 4.35. The van der Waals surface area contributed by atoms with Crippen LogP contribution in [0.1, 0.15) is 16.1 Å². The van der Waals surface area contributed by atoms with E-state index in [-0.39, 0.29) is 17.0 Å². The molecular weight excluding hydrogens is 301 g/mol. The van der Waals surface area contributed by atoms with E-state index in [9.17, 15) is 17.6 Å². The Morgan fingerprint density at radius 2 is 2.14 bits per heavy atom. The van der Waals surface area contributed by atoms with Gasteiger partial charge in [0.15, 0.2) is 5.76 Å². The number of nitrogens with two attached hydrogens (primary N) is 1. The second kappa shape index (κ2) is 5.62. The van der Waals surface area contributed by atoms with E-state index in [1.54, 1.807) is 6.07 Å². The summed E-state index contributed by atoms with van der Waals surface area (Å²) in [6.45, 7) is 0.0673. The molecule has 0 atom stereocenters. The SMILES string of the molecule is CN(Cc1ccno1)C(=O)c1cc(S(N)(=O)=O)ccc1F. The van der Waals surface area contributed by atoms with Gasteiger partial charge in [0.05, 0.1) is 23.2 Å². The van der Waals surface area contributed by atoms with Gasteiger partial charge in [0, 0.05) is 13.1 Å². The zero-order chi connectivity index (χ0) is 15.6. The van der Waals surface area contributed by atoms with Crippen molar-refractivity contribution in [2.24, 2.45) is 5.14 Å². The number of amides is 1. The van der Waals surface area contributed by atoms with Crippen LogP contribution in [0.5, 0.6) is 0 Å². The Bertz CT molecular complexity index is 759. The molecular formula is C12H12FN3O4S. The van der Waals surface area contributed by atoms with Gasteiger partial charge in [-0.3, -0.25) is 4.79 Å². The minimum atomic E-state index is -4.02. The van der Waals surface area contributed by atoms with Crippen LogP contribution >= 0.6 is 0 Å². The van der Waals surface area contributed by atoms with Crippen LogP contribution in [0.25, 0.3) is 0 Å². The molecule has 0 saturated heterocycles. The van der Waals surface area contributed by atoms with Crippen molar-refractivity contribution < 1.29 is 22.1 Å². The van der Waals surface area contributed by atoms with Crippen molar-refractivity contribution in [2.45, 2.75) is 11.4 Å². The third-order valence-corrected chi connectivity index (χ3v) is 3.64. The fraction of sp³-hybridized carbons (Fsp3) is 0.167. The van der Waals surface area contributed by atoms with Gasteiger partial charge < -0.3 is 9.42 Å². The average molecular weight is 313 g/mol. The first kappa shape index (κ1) is 15.1. The van der Waals surface area contributed by atoms with Gasteiger partial charge >= 0.3 is 0 Å². The highest BCUT2D eigenvalue weighted by molar-refractivity contribution is 7.89. The van der Waals surface area contributed by atoms with Crippen LogP contribution in [0, 0.1) is 5.82 Å². The van der Waals surface area contributed by atoms with Crippen LogP contribution in [-0.4, -0.2) is 31.4 Å². The van der Waals surface area contributed by atoms with E-state index < -0.39 is 21.7 Å². The molecule has 2 aromatic rings. The molecule has 0 aliphatic heterocycles. The molecule has 0 spiro atoms. The highest BCUT2D eigenvalue weighted by atomic mass is 32.2. The van der Waals surface area contributed by atoms with Crippen LogP contribution < -0.4 is 5.14 Å². The van der Waals surface area contributed by atoms with E-state index in [2.05, 4.69) is 5.16 Å². The van der Waals surface area contributed by atoms with E-state index in [1.165, 1.54) is 18.1 Å². The molecule has 1 heterocycles. The zero-order valence-electron chi connectivity index (χ0n) is 11.0. The summed E-state index contributed by atoms with van der Waals surface area (Å²) in [5.74, 6) is -1.12. The average Bonchev–Trinajstić information content (AvgIpc) is 2.90. The topological polar surface area (TPSA) is 106 Å². The predicted octanol–water partition coefficient (Wildman–Crippen LogP) is 0.733. The first-order valence-corrected chi connectivity index (χ1v) is 7.31. The number of sulfonamides is 1. The molecule has 1 aromatic carbocycles. The molecule has 2 rings (SSSR count). The van der Waals surface area contributed by atoms with Crippen LogP contribution in [0.4, 0.5) is 4.39 Å². The van der Waals surface area contributed by atoms with Gasteiger partial charge in [-0.1, -0.05) is 5.16 Å². The maximum Gasteiger partial charge on any atom is 0.257 e. The molecule has 7 nitrogen and oxygen atoms in total. The molecule has 1 amide bonds. The van der Waals surface area contributed by atoms with Gasteiger partial charge in [-0.05, 0) is 18.2 Å². The summed E-state index contributed by atoms with van der Waals surface area (Å²) < 4.78 is 41.1. The van der Waals surface area contributed by atoms with Crippen LogP contribution in [-0.2, 0) is 16.6 Å². The number of benzene rings is 1. The summed E-state index contributed by atoms with van der Waals surface area (Å²) in [6.07, 6.45) is 1.41. The smallest absolute Gasteiger partial charge is 0.257 e. The molecule has 112 valence electrons. The molecule has 2 N–H and O–H groups in total. The van der Waals surface area contributed by atoms with Crippen molar-refractivity contribution >= 4 is 15.9 Å². The molecule has 0 aliphatic carbocycles. The van der Waals surface area contributed by atoms with E-state index in [4.69, 9.17) is 9.66 Å². The Balaban J connectivity index is 2.30. The summed E-state index contributed by atoms with van der Waals surface area (Å²) in [7, 11) is -2.59. The molecule has 0 bridgehead atoms. The largest absolute Gasteiger partial charge is 0.360 e. The number of aromatic nitrogens is 1. The van der Waals surface area contributed by atoms with Crippen molar-refractivity contribution in [1.29, 1.82) is 0 Å². The normalized spacial score (nSPS) is 11.4. The Labute approximate surface area is 120 Å². The fourth-order valence-corrected chi connectivity index (χ4v) is 2.22. The van der Waals surface area contributed by atoms with Crippen LogP contribution in [0.2, 0.25) is 0 Å². The van der Waals surface area contributed by atoms with Crippen molar-refractivity contribution in [1.82, 2.24) is 10.1 Å². The maximum atomic E-state index is 13.7. The number of carbonyl (C=O) groups excluding carboxylic acids is 1. The molecule has 1 aromatic heterocycles. The monoisotopic (exact) mass is 313 g/mol. The maximum absolute atomic E-state index is 13.7. The number of rotatable bonds is 4. The number of carbonyl (C=O) groups is 1.